The zero-order chi connectivity index (χ0) is 10.6. The van der Waals surface area contributed by atoms with Crippen LogP contribution in [0.25, 0.3) is 0 Å². The largest absolute Gasteiger partial charge is 0.341 e. The standard InChI is InChI=1S/C9H6BrClN2O/c1-2-3-12-9(14)7-4-6(10)5-13-8(7)11/h1,4-5H,3H2,(H,12,14). The van der Waals surface area contributed by atoms with Gasteiger partial charge in [-0.05, 0) is 22.0 Å². The quantitative estimate of drug-likeness (QED) is 0.660. The van der Waals surface area contributed by atoms with Crippen LogP contribution >= 0.6 is 27.5 Å². The van der Waals surface area contributed by atoms with Crippen LogP contribution in [0, 0.1) is 12.3 Å². The second kappa shape index (κ2) is 4.99. The molecule has 72 valence electrons. The first-order valence-electron chi connectivity index (χ1n) is 3.68. The van der Waals surface area contributed by atoms with Gasteiger partial charge in [0.15, 0.2) is 0 Å². The number of terminal acetylenes is 1. The maximum absolute atomic E-state index is 11.4. The Labute approximate surface area is 95.0 Å². The summed E-state index contributed by atoms with van der Waals surface area (Å²) in [6.07, 6.45) is 6.51. The lowest BCUT2D eigenvalue weighted by Gasteiger charge is -2.03. The molecule has 3 nitrogen and oxygen atoms in total. The van der Waals surface area contributed by atoms with Gasteiger partial charge in [-0.25, -0.2) is 4.98 Å². The Hall–Kier alpha value is -1.05. The van der Waals surface area contributed by atoms with E-state index in [1.54, 1.807) is 6.07 Å². The summed E-state index contributed by atoms with van der Waals surface area (Å²) in [5.74, 6) is 1.96. The monoisotopic (exact) mass is 272 g/mol. The molecule has 0 bridgehead atoms. The highest BCUT2D eigenvalue weighted by atomic mass is 79.9. The van der Waals surface area contributed by atoms with E-state index in [1.807, 2.05) is 0 Å². The van der Waals surface area contributed by atoms with Gasteiger partial charge < -0.3 is 5.32 Å². The van der Waals surface area contributed by atoms with Gasteiger partial charge in [-0.2, -0.15) is 0 Å². The van der Waals surface area contributed by atoms with Crippen LogP contribution in [0.1, 0.15) is 10.4 Å². The average Bonchev–Trinajstić information content (AvgIpc) is 2.18. The SMILES string of the molecule is C#CCNC(=O)c1cc(Br)cnc1Cl. The van der Waals surface area contributed by atoms with Crippen LogP contribution in [0.4, 0.5) is 0 Å². The van der Waals surface area contributed by atoms with E-state index in [9.17, 15) is 4.79 Å². The smallest absolute Gasteiger partial charge is 0.255 e. The molecule has 0 saturated heterocycles. The molecule has 14 heavy (non-hydrogen) atoms. The summed E-state index contributed by atoms with van der Waals surface area (Å²) in [5, 5.41) is 2.65. The lowest BCUT2D eigenvalue weighted by Crippen LogP contribution is -2.24. The maximum Gasteiger partial charge on any atom is 0.255 e. The molecule has 0 aromatic carbocycles. The molecular formula is C9H6BrClN2O. The van der Waals surface area contributed by atoms with Crippen molar-refractivity contribution in [2.45, 2.75) is 0 Å². The fraction of sp³-hybridized carbons (Fsp3) is 0.111. The third kappa shape index (κ3) is 2.72. The summed E-state index contributed by atoms with van der Waals surface area (Å²) in [5.41, 5.74) is 0.302. The van der Waals surface area contributed by atoms with Crippen molar-refractivity contribution in [1.29, 1.82) is 0 Å². The molecule has 1 N–H and O–H groups in total. The minimum Gasteiger partial charge on any atom is -0.341 e. The minimum absolute atomic E-state index is 0.155. The maximum atomic E-state index is 11.4. The number of hydrogen-bond acceptors (Lipinski definition) is 2. The van der Waals surface area contributed by atoms with Gasteiger partial charge in [0.25, 0.3) is 5.91 Å². The van der Waals surface area contributed by atoms with E-state index >= 15 is 0 Å². The summed E-state index contributed by atoms with van der Waals surface area (Å²) in [6.45, 7) is 0.168. The number of amides is 1. The van der Waals surface area contributed by atoms with Crippen molar-refractivity contribution in [1.82, 2.24) is 10.3 Å². The van der Waals surface area contributed by atoms with Gasteiger partial charge in [-0.15, -0.1) is 6.42 Å². The van der Waals surface area contributed by atoms with E-state index in [1.165, 1.54) is 6.20 Å². The first-order valence-corrected chi connectivity index (χ1v) is 4.85. The van der Waals surface area contributed by atoms with Gasteiger partial charge in [-0.3, -0.25) is 4.79 Å². The van der Waals surface area contributed by atoms with Crippen LogP contribution in [0.15, 0.2) is 16.7 Å². The molecule has 5 heteroatoms. The molecule has 0 atom stereocenters. The number of carbonyl (C=O) groups is 1. The van der Waals surface area contributed by atoms with Crippen LogP contribution < -0.4 is 5.32 Å². The molecule has 0 radical (unpaired) electrons. The highest BCUT2D eigenvalue weighted by Gasteiger charge is 2.10. The van der Waals surface area contributed by atoms with Crippen molar-refractivity contribution in [3.8, 4) is 12.3 Å². The van der Waals surface area contributed by atoms with Gasteiger partial charge in [0, 0.05) is 10.7 Å². The zero-order valence-electron chi connectivity index (χ0n) is 7.05. The lowest BCUT2D eigenvalue weighted by atomic mass is 10.2. The highest BCUT2D eigenvalue weighted by Crippen LogP contribution is 2.17. The van der Waals surface area contributed by atoms with Crippen LogP contribution in [-0.4, -0.2) is 17.4 Å². The van der Waals surface area contributed by atoms with E-state index in [4.69, 9.17) is 18.0 Å². The minimum atomic E-state index is -0.332. The summed E-state index contributed by atoms with van der Waals surface area (Å²) in [6, 6.07) is 1.58. The van der Waals surface area contributed by atoms with Crippen molar-refractivity contribution in [2.75, 3.05) is 6.54 Å². The second-order valence-electron chi connectivity index (χ2n) is 2.38. The summed E-state index contributed by atoms with van der Waals surface area (Å²) in [7, 11) is 0. The molecule has 1 amide bonds. The lowest BCUT2D eigenvalue weighted by molar-refractivity contribution is 0.0958. The number of pyridine rings is 1. The number of carbonyl (C=O) groups excluding carboxylic acids is 1. The molecular weight excluding hydrogens is 267 g/mol. The molecule has 0 unspecified atom stereocenters. The number of nitrogens with one attached hydrogen (secondary N) is 1. The third-order valence-corrected chi connectivity index (χ3v) is 2.14. The Kier molecular flexibility index (Phi) is 3.93. The van der Waals surface area contributed by atoms with Gasteiger partial charge >= 0.3 is 0 Å². The third-order valence-electron chi connectivity index (χ3n) is 1.40. The van der Waals surface area contributed by atoms with E-state index in [0.717, 1.165) is 0 Å². The predicted molar refractivity (Wildman–Crippen MR) is 58.1 cm³/mol. The molecule has 1 rings (SSSR count). The highest BCUT2D eigenvalue weighted by molar-refractivity contribution is 9.10. The van der Waals surface area contributed by atoms with E-state index < -0.39 is 0 Å². The van der Waals surface area contributed by atoms with Gasteiger partial charge in [0.05, 0.1) is 12.1 Å². The number of nitrogens with zero attached hydrogens (tertiary/aromatic N) is 1. The number of hydrogen-bond donors (Lipinski definition) is 1. The van der Waals surface area contributed by atoms with E-state index in [2.05, 4.69) is 32.2 Å². The molecule has 1 aromatic rings. The Morgan fingerprint density at radius 3 is 3.14 bits per heavy atom. The molecule has 0 aliphatic heterocycles. The average molecular weight is 274 g/mol. The van der Waals surface area contributed by atoms with Crippen molar-refractivity contribution >= 4 is 33.4 Å². The zero-order valence-corrected chi connectivity index (χ0v) is 9.39. The van der Waals surface area contributed by atoms with E-state index in [-0.39, 0.29) is 17.6 Å². The summed E-state index contributed by atoms with van der Waals surface area (Å²) in [4.78, 5) is 15.2. The Morgan fingerprint density at radius 1 is 1.79 bits per heavy atom. The number of aromatic nitrogens is 1. The molecule has 0 aliphatic carbocycles. The van der Waals surface area contributed by atoms with Crippen LogP contribution in [0.2, 0.25) is 5.15 Å². The van der Waals surface area contributed by atoms with Gasteiger partial charge in [0.2, 0.25) is 0 Å². The normalized spacial score (nSPS) is 9.21. The van der Waals surface area contributed by atoms with Crippen molar-refractivity contribution in [3.05, 3.63) is 27.5 Å². The Bertz CT molecular complexity index is 400. The fourth-order valence-electron chi connectivity index (χ4n) is 0.808. The van der Waals surface area contributed by atoms with Crippen LogP contribution in [0.5, 0.6) is 0 Å². The van der Waals surface area contributed by atoms with Crippen LogP contribution in [0.3, 0.4) is 0 Å². The van der Waals surface area contributed by atoms with Gasteiger partial charge in [-0.1, -0.05) is 17.5 Å². The van der Waals surface area contributed by atoms with Gasteiger partial charge in [0.1, 0.15) is 5.15 Å². The molecule has 0 saturated carbocycles. The topological polar surface area (TPSA) is 42.0 Å². The van der Waals surface area contributed by atoms with Crippen molar-refractivity contribution in [3.63, 3.8) is 0 Å². The van der Waals surface area contributed by atoms with Crippen molar-refractivity contribution < 1.29 is 4.79 Å². The first kappa shape index (κ1) is 11.0. The molecule has 1 heterocycles. The second-order valence-corrected chi connectivity index (χ2v) is 3.65. The summed E-state index contributed by atoms with van der Waals surface area (Å²) < 4.78 is 0.688. The predicted octanol–water partition coefficient (Wildman–Crippen LogP) is 1.86. The van der Waals surface area contributed by atoms with Crippen LogP contribution in [-0.2, 0) is 0 Å². The Morgan fingerprint density at radius 2 is 2.50 bits per heavy atom. The first-order chi connectivity index (χ1) is 6.65. The number of rotatable bonds is 2. The summed E-state index contributed by atoms with van der Waals surface area (Å²) >= 11 is 8.92. The molecule has 0 aliphatic rings. The molecule has 0 fully saturated rings. The Balaban J connectivity index is 2.90. The van der Waals surface area contributed by atoms with Crippen molar-refractivity contribution in [2.24, 2.45) is 0 Å². The van der Waals surface area contributed by atoms with E-state index in [0.29, 0.717) is 10.0 Å². The molecule has 0 spiro atoms. The molecule has 1 aromatic heterocycles. The number of halogens is 2. The fourth-order valence-corrected chi connectivity index (χ4v) is 1.33.